The van der Waals surface area contributed by atoms with Gasteiger partial charge >= 0.3 is 26.3 Å². The van der Waals surface area contributed by atoms with Crippen LogP contribution < -0.4 is 21.7 Å². The summed E-state index contributed by atoms with van der Waals surface area (Å²) in [7, 11) is -5.26. The monoisotopic (exact) mass is 879 g/mol. The number of fused-ring (bicyclic) bond motifs is 5. The number of hydrogen-bond acceptors (Lipinski definition) is 17. The number of esters is 1. The number of nitrogens with zero attached hydrogens (tertiary/aromatic N) is 5. The number of imidazole rings is 1. The van der Waals surface area contributed by atoms with Crippen LogP contribution in [-0.2, 0) is 42.5 Å². The minimum atomic E-state index is -5.26. The number of nitrogens with two attached hydrogens (primary N) is 1. The van der Waals surface area contributed by atoms with Crippen LogP contribution in [0.2, 0.25) is 0 Å². The van der Waals surface area contributed by atoms with E-state index in [1.165, 1.54) is 23.0 Å². The number of aromatic amines is 1. The second-order valence-corrected chi connectivity index (χ2v) is 18.9. The molecule has 312 valence electrons. The van der Waals surface area contributed by atoms with Gasteiger partial charge in [0.1, 0.15) is 42.0 Å². The molecule has 0 amide bonds. The van der Waals surface area contributed by atoms with Gasteiger partial charge in [0, 0.05) is 18.0 Å². The first-order valence-corrected chi connectivity index (χ1v) is 22.2. The minimum absolute atomic E-state index is 0.0262. The number of rotatable bonds is 7. The summed E-state index contributed by atoms with van der Waals surface area (Å²) in [5.41, 5.74) is 6.03. The molecule has 0 saturated carbocycles. The molecule has 4 bridgehead atoms. The minimum Gasteiger partial charge on any atom is -0.423 e. The van der Waals surface area contributed by atoms with Crippen molar-refractivity contribution in [2.24, 2.45) is 0 Å². The molecule has 1 unspecified atom stereocenters. The number of alkyl halides is 2. The van der Waals surface area contributed by atoms with Crippen molar-refractivity contribution in [1.29, 1.82) is 0 Å². The van der Waals surface area contributed by atoms with Crippen LogP contribution >= 0.6 is 26.0 Å². The Morgan fingerprint density at radius 1 is 0.932 bits per heavy atom. The normalized spacial score (nSPS) is 31.2. The Hall–Kier alpha value is -4.67. The van der Waals surface area contributed by atoms with Crippen LogP contribution in [0.5, 0.6) is 5.75 Å². The molecule has 3 aromatic heterocycles. The highest BCUT2D eigenvalue weighted by Gasteiger charge is 2.55. The SMILES string of the molecule is Cc1ccc(C(=O)Oc2ccc(CS[P@@]3(=O)OC[C@H]4O[C@@H](n5cnc6c(N)ncnc65)[C@H](OP(=O)(O)OC[C@H]5O[C@@H](n6ccc(=O)[nH]c6=O)[C@H](O3)[C@@H]5F)[C@@H]4F)cc2)cc1. The number of aryl methyl sites for hydroxylation is 1. The van der Waals surface area contributed by atoms with E-state index >= 15 is 8.78 Å². The molecule has 3 aliphatic rings. The highest BCUT2D eigenvalue weighted by Crippen LogP contribution is 2.65. The Kier molecular flexibility index (Phi) is 11.4. The number of hydrogen-bond donors (Lipinski definition) is 3. The van der Waals surface area contributed by atoms with Crippen LogP contribution in [0.1, 0.15) is 33.9 Å². The van der Waals surface area contributed by atoms with Gasteiger partial charge in [0.2, 0.25) is 0 Å². The van der Waals surface area contributed by atoms with Crippen molar-refractivity contribution in [2.45, 2.75) is 61.9 Å². The van der Waals surface area contributed by atoms with E-state index in [0.29, 0.717) is 22.5 Å². The second kappa shape index (κ2) is 16.4. The Labute approximate surface area is 334 Å². The molecule has 0 radical (unpaired) electrons. The Morgan fingerprint density at radius 2 is 1.59 bits per heavy atom. The number of phosphoric ester groups is 1. The van der Waals surface area contributed by atoms with Gasteiger partial charge in [-0.15, -0.1) is 0 Å². The maximum Gasteiger partial charge on any atom is 0.472 e. The number of benzene rings is 2. The number of halogens is 2. The van der Waals surface area contributed by atoms with Crippen molar-refractivity contribution >= 4 is 49.0 Å². The van der Waals surface area contributed by atoms with Crippen molar-refractivity contribution < 1.29 is 59.9 Å². The van der Waals surface area contributed by atoms with E-state index in [9.17, 15) is 28.4 Å². The van der Waals surface area contributed by atoms with E-state index in [1.54, 1.807) is 36.4 Å². The third kappa shape index (κ3) is 8.67. The fourth-order valence-corrected chi connectivity index (χ4v) is 10.7. The van der Waals surface area contributed by atoms with Crippen LogP contribution in [0.3, 0.4) is 0 Å². The number of nitrogen functional groups attached to an aromatic ring is 1. The van der Waals surface area contributed by atoms with E-state index in [2.05, 4.69) is 15.0 Å². The summed E-state index contributed by atoms with van der Waals surface area (Å²) in [5, 5.41) is 0. The maximum atomic E-state index is 16.4. The lowest BCUT2D eigenvalue weighted by atomic mass is 10.1. The molecule has 3 saturated heterocycles. The molecular weight excluding hydrogens is 846 g/mol. The molecule has 2 aromatic carbocycles. The highest BCUT2D eigenvalue weighted by atomic mass is 32.7. The molecule has 0 spiro atoms. The van der Waals surface area contributed by atoms with Crippen LogP contribution in [0.25, 0.3) is 11.2 Å². The number of phosphoric acid groups is 1. The molecular formula is C34H33F2N7O13P2S. The zero-order chi connectivity index (χ0) is 41.6. The number of carbonyl (C=O) groups excluding carboxylic acids is 1. The fraction of sp³-hybridized carbons (Fsp3) is 0.353. The first-order chi connectivity index (χ1) is 28.2. The topological polar surface area (TPSA) is 261 Å². The third-order valence-electron chi connectivity index (χ3n) is 9.43. The molecule has 59 heavy (non-hydrogen) atoms. The smallest absolute Gasteiger partial charge is 0.423 e. The Bertz CT molecular complexity index is 2580. The molecule has 4 N–H and O–H groups in total. The molecule has 3 aliphatic heterocycles. The summed E-state index contributed by atoms with van der Waals surface area (Å²) in [6.07, 6.45) is -11.9. The van der Waals surface area contributed by atoms with Crippen molar-refractivity contribution in [3.05, 3.63) is 111 Å². The molecule has 0 aliphatic carbocycles. The third-order valence-corrected chi connectivity index (χ3v) is 14.1. The molecule has 8 rings (SSSR count). The van der Waals surface area contributed by atoms with Crippen molar-refractivity contribution in [1.82, 2.24) is 29.1 Å². The van der Waals surface area contributed by atoms with Crippen LogP contribution in [0.15, 0.2) is 83.0 Å². The van der Waals surface area contributed by atoms with E-state index in [0.717, 1.165) is 28.7 Å². The summed E-state index contributed by atoms with van der Waals surface area (Å²) in [4.78, 5) is 62.2. The zero-order valence-corrected chi connectivity index (χ0v) is 33.0. The predicted octanol–water partition coefficient (Wildman–Crippen LogP) is 3.92. The molecule has 6 heterocycles. The second-order valence-electron chi connectivity index (χ2n) is 13.4. The van der Waals surface area contributed by atoms with Crippen molar-refractivity contribution in [2.75, 3.05) is 18.9 Å². The molecule has 3 fully saturated rings. The van der Waals surface area contributed by atoms with Crippen LogP contribution in [0.4, 0.5) is 14.6 Å². The lowest BCUT2D eigenvalue weighted by Gasteiger charge is -2.27. The van der Waals surface area contributed by atoms with E-state index < -0.39 is 94.3 Å². The summed E-state index contributed by atoms with van der Waals surface area (Å²) in [6.45, 7) is -4.66. The number of nitrogens with one attached hydrogen (secondary N) is 1. The van der Waals surface area contributed by atoms with E-state index in [-0.39, 0.29) is 28.5 Å². The standard InChI is InChI=1S/C34H33F2N7O13P2S/c1-17-2-6-19(7-3-17)33(45)52-20-8-4-18(5-9-20)14-59-58(49)51-13-22-24(35)27(32(54-22)43-16-40-26-29(37)38-15-39-30(26)43)55-57(47,48)50-12-21-25(36)28(56-58)31(53-21)42-11-10-23(44)41-34(42)46/h2-11,15-16,21-22,24-25,27-28,31-32H,12-14H2,1H3,(H,47,48)(H2,37,38,39)(H,41,44,46)/t21-,22-,24-,25-,27-,28-,31-,32-,58+/m1/s1. The number of ether oxygens (including phenoxy) is 3. The summed E-state index contributed by atoms with van der Waals surface area (Å²) in [6, 6.07) is 13.9. The Morgan fingerprint density at radius 3 is 2.29 bits per heavy atom. The highest BCUT2D eigenvalue weighted by molar-refractivity contribution is 8.54. The summed E-state index contributed by atoms with van der Waals surface area (Å²) in [5.74, 6) is -0.536. The largest absolute Gasteiger partial charge is 0.472 e. The average Bonchev–Trinajstić information content (AvgIpc) is 3.86. The lowest BCUT2D eigenvalue weighted by Crippen LogP contribution is -2.38. The molecule has 25 heteroatoms. The van der Waals surface area contributed by atoms with Gasteiger partial charge in [0.15, 0.2) is 36.3 Å². The van der Waals surface area contributed by atoms with E-state index in [1.807, 2.05) is 11.9 Å². The van der Waals surface area contributed by atoms with Gasteiger partial charge in [0.05, 0.1) is 25.1 Å². The van der Waals surface area contributed by atoms with E-state index in [4.69, 9.17) is 38.0 Å². The number of H-pyrrole nitrogens is 1. The van der Waals surface area contributed by atoms with Gasteiger partial charge in [-0.1, -0.05) is 29.8 Å². The zero-order valence-electron chi connectivity index (χ0n) is 30.4. The van der Waals surface area contributed by atoms with Crippen molar-refractivity contribution in [3.63, 3.8) is 0 Å². The van der Waals surface area contributed by atoms with Crippen molar-refractivity contribution in [3.8, 4) is 5.75 Å². The maximum absolute atomic E-state index is 16.4. The molecule has 10 atom stereocenters. The van der Waals surface area contributed by atoms with Gasteiger partial charge in [-0.25, -0.2) is 42.5 Å². The lowest BCUT2D eigenvalue weighted by molar-refractivity contribution is -0.0648. The number of carbonyl (C=O) groups is 1. The first kappa shape index (κ1) is 41.1. The van der Waals surface area contributed by atoms with Gasteiger partial charge in [-0.05, 0) is 48.1 Å². The average molecular weight is 880 g/mol. The van der Waals surface area contributed by atoms with Crippen LogP contribution in [0, 0.1) is 6.92 Å². The number of anilines is 1. The number of aromatic nitrogens is 6. The van der Waals surface area contributed by atoms with Gasteiger partial charge in [-0.3, -0.25) is 37.0 Å². The fourth-order valence-electron chi connectivity index (χ4n) is 6.44. The Balaban J connectivity index is 1.09. The van der Waals surface area contributed by atoms with Gasteiger partial charge in [-0.2, -0.15) is 0 Å². The van der Waals surface area contributed by atoms with Crippen LogP contribution in [-0.4, -0.2) is 89.9 Å². The predicted molar refractivity (Wildman–Crippen MR) is 202 cm³/mol. The van der Waals surface area contributed by atoms with Gasteiger partial charge in [0.25, 0.3) is 5.56 Å². The first-order valence-electron chi connectivity index (χ1n) is 17.6. The summed E-state index contributed by atoms with van der Waals surface area (Å²) < 4.78 is 102. The van der Waals surface area contributed by atoms with Gasteiger partial charge < -0.3 is 24.8 Å². The molecule has 5 aromatic rings. The summed E-state index contributed by atoms with van der Waals surface area (Å²) >= 11 is 0.568. The molecule has 20 nitrogen and oxygen atoms in total. The quantitative estimate of drug-likeness (QED) is 0.119.